The van der Waals surface area contributed by atoms with Gasteiger partial charge in [-0.15, -0.1) is 6.42 Å². The molecule has 0 spiro atoms. The van der Waals surface area contributed by atoms with Gasteiger partial charge in [0.2, 0.25) is 0 Å². The molecule has 0 bridgehead atoms. The van der Waals surface area contributed by atoms with Crippen LogP contribution in [0.3, 0.4) is 0 Å². The zero-order valence-corrected chi connectivity index (χ0v) is 10.6. The van der Waals surface area contributed by atoms with E-state index in [0.29, 0.717) is 5.92 Å². The van der Waals surface area contributed by atoms with Gasteiger partial charge in [0.15, 0.2) is 6.61 Å². The van der Waals surface area contributed by atoms with Crippen LogP contribution >= 0.6 is 0 Å². The Balaban J connectivity index is 2.09. The van der Waals surface area contributed by atoms with Crippen molar-refractivity contribution in [2.24, 2.45) is 5.16 Å². The van der Waals surface area contributed by atoms with Gasteiger partial charge in [-0.05, 0) is 24.3 Å². The average molecular weight is 240 g/mol. The maximum absolute atomic E-state index is 5.09. The monoisotopic (exact) mass is 240 g/mol. The van der Waals surface area contributed by atoms with E-state index < -0.39 is 0 Å². The van der Waals surface area contributed by atoms with Crippen molar-refractivity contribution >= 4 is 6.21 Å². The third kappa shape index (κ3) is 3.37. The van der Waals surface area contributed by atoms with Gasteiger partial charge >= 0.3 is 0 Å². The molecule has 0 heterocycles. The molecule has 1 fully saturated rings. The van der Waals surface area contributed by atoms with E-state index in [0.717, 1.165) is 5.56 Å². The number of rotatable bonds is 4. The predicted octanol–water partition coefficient (Wildman–Crippen LogP) is 3.60. The fraction of sp³-hybridized carbons (Fsp3) is 0.438. The molecule has 1 aliphatic carbocycles. The minimum atomic E-state index is 0.193. The van der Waals surface area contributed by atoms with Gasteiger partial charge < -0.3 is 4.84 Å². The number of terminal acetylenes is 1. The minimum Gasteiger partial charge on any atom is -0.382 e. The first-order chi connectivity index (χ1) is 8.92. The molecule has 0 saturated heterocycles. The summed E-state index contributed by atoms with van der Waals surface area (Å²) in [6.45, 7) is 0.193. The summed E-state index contributed by atoms with van der Waals surface area (Å²) in [4.78, 5) is 4.91. The molecule has 2 heteroatoms. The molecule has 1 aliphatic rings. The smallest absolute Gasteiger partial charge is 0.177 e. The topological polar surface area (TPSA) is 21.6 Å². The lowest BCUT2D eigenvalue weighted by Crippen LogP contribution is -2.07. The Kier molecular flexibility index (Phi) is 4.84. The van der Waals surface area contributed by atoms with Crippen LogP contribution in [0, 0.1) is 12.3 Å². The van der Waals surface area contributed by atoms with E-state index in [1.54, 1.807) is 0 Å². The van der Waals surface area contributed by atoms with Gasteiger partial charge in [0.05, 0.1) is 0 Å². The van der Waals surface area contributed by atoms with Gasteiger partial charge in [-0.2, -0.15) is 0 Å². The summed E-state index contributed by atoms with van der Waals surface area (Å²) in [6.07, 6.45) is 14.6. The highest BCUT2D eigenvalue weighted by atomic mass is 16.6. The van der Waals surface area contributed by atoms with Crippen LogP contribution in [0.15, 0.2) is 29.4 Å². The fourth-order valence-electron chi connectivity index (χ4n) is 2.52. The van der Waals surface area contributed by atoms with Crippen molar-refractivity contribution in [1.29, 1.82) is 0 Å². The Bertz CT molecular complexity index is 439. The van der Waals surface area contributed by atoms with E-state index in [1.807, 2.05) is 12.1 Å². The Labute approximate surface area is 109 Å². The van der Waals surface area contributed by atoms with Crippen LogP contribution < -0.4 is 0 Å². The highest BCUT2D eigenvalue weighted by Crippen LogP contribution is 2.33. The van der Waals surface area contributed by atoms with Crippen LogP contribution in [-0.2, 0) is 4.84 Å². The lowest BCUT2D eigenvalue weighted by molar-refractivity contribution is 0.181. The lowest BCUT2D eigenvalue weighted by Gasteiger charge is -2.23. The Morgan fingerprint density at radius 2 is 2.00 bits per heavy atom. The van der Waals surface area contributed by atoms with Crippen molar-refractivity contribution in [3.05, 3.63) is 35.4 Å². The van der Waals surface area contributed by atoms with Gasteiger partial charge in [-0.25, -0.2) is 0 Å². The largest absolute Gasteiger partial charge is 0.382 e. The van der Waals surface area contributed by atoms with E-state index in [4.69, 9.17) is 11.3 Å². The molecular formula is C16H18NO. The van der Waals surface area contributed by atoms with Gasteiger partial charge in [0.1, 0.15) is 6.21 Å². The highest BCUT2D eigenvalue weighted by molar-refractivity contribution is 5.81. The van der Waals surface area contributed by atoms with E-state index in [1.165, 1.54) is 37.7 Å². The van der Waals surface area contributed by atoms with Crippen molar-refractivity contribution in [3.8, 4) is 12.3 Å². The second-order valence-electron chi connectivity index (χ2n) is 4.60. The van der Waals surface area contributed by atoms with Crippen molar-refractivity contribution in [2.75, 3.05) is 6.61 Å². The zero-order chi connectivity index (χ0) is 12.6. The van der Waals surface area contributed by atoms with Gasteiger partial charge in [-0.3, -0.25) is 0 Å². The molecule has 0 amide bonds. The number of nitrogens with zero attached hydrogens (tertiary/aromatic N) is 1. The van der Waals surface area contributed by atoms with Crippen molar-refractivity contribution in [3.63, 3.8) is 0 Å². The quantitative estimate of drug-likeness (QED) is 0.341. The number of hydrogen-bond acceptors (Lipinski definition) is 2. The van der Waals surface area contributed by atoms with Crippen LogP contribution in [0.25, 0.3) is 0 Å². The maximum Gasteiger partial charge on any atom is 0.177 e. The predicted molar refractivity (Wildman–Crippen MR) is 73.6 cm³/mol. The maximum atomic E-state index is 5.09. The minimum absolute atomic E-state index is 0.193. The second kappa shape index (κ2) is 6.86. The summed E-state index contributed by atoms with van der Waals surface area (Å²) >= 11 is 0. The van der Waals surface area contributed by atoms with Crippen LogP contribution in [0.1, 0.15) is 49.1 Å². The zero-order valence-electron chi connectivity index (χ0n) is 10.6. The summed E-state index contributed by atoms with van der Waals surface area (Å²) in [7, 11) is 0. The van der Waals surface area contributed by atoms with E-state index >= 15 is 0 Å². The first-order valence-corrected chi connectivity index (χ1v) is 6.52. The van der Waals surface area contributed by atoms with Crippen molar-refractivity contribution < 1.29 is 4.84 Å². The molecule has 0 aromatic heterocycles. The molecule has 0 unspecified atom stereocenters. The molecule has 2 rings (SSSR count). The average Bonchev–Trinajstić information content (AvgIpc) is 2.45. The normalized spacial score (nSPS) is 16.6. The van der Waals surface area contributed by atoms with Crippen LogP contribution in [0.4, 0.5) is 0 Å². The molecular weight excluding hydrogens is 222 g/mol. The molecule has 1 aromatic rings. The molecule has 1 aromatic carbocycles. The van der Waals surface area contributed by atoms with E-state index in [-0.39, 0.29) is 6.61 Å². The standard InChI is InChI=1S/C16H18NO/c1-2-12-18-17-13-15-10-6-7-11-16(15)14-8-4-3-5-9-14/h1,6-7,10-11,14H,3-5,8-9,12H2. The molecule has 0 N–H and O–H groups in total. The molecule has 93 valence electrons. The first-order valence-electron chi connectivity index (χ1n) is 6.52. The van der Waals surface area contributed by atoms with E-state index in [9.17, 15) is 0 Å². The van der Waals surface area contributed by atoms with Crippen LogP contribution in [0.2, 0.25) is 0 Å². The summed E-state index contributed by atoms with van der Waals surface area (Å²) in [5.74, 6) is 3.02. The van der Waals surface area contributed by atoms with Crippen molar-refractivity contribution in [1.82, 2.24) is 0 Å². The summed E-state index contributed by atoms with van der Waals surface area (Å²) in [5, 5.41) is 3.79. The van der Waals surface area contributed by atoms with E-state index in [2.05, 4.69) is 29.4 Å². The Morgan fingerprint density at radius 1 is 1.22 bits per heavy atom. The molecule has 1 saturated carbocycles. The summed E-state index contributed by atoms with van der Waals surface area (Å²) in [5.41, 5.74) is 2.37. The third-order valence-electron chi connectivity index (χ3n) is 3.38. The van der Waals surface area contributed by atoms with Crippen molar-refractivity contribution in [2.45, 2.75) is 38.0 Å². The van der Waals surface area contributed by atoms with Gasteiger partial charge in [-0.1, -0.05) is 54.6 Å². The molecule has 0 atom stereocenters. The van der Waals surface area contributed by atoms with Crippen LogP contribution in [-0.4, -0.2) is 12.8 Å². The summed E-state index contributed by atoms with van der Waals surface area (Å²) < 4.78 is 0. The second-order valence-corrected chi connectivity index (χ2v) is 4.60. The molecule has 0 aliphatic heterocycles. The molecule has 2 nitrogen and oxygen atoms in total. The SMILES string of the molecule is C#CCON=[C]c1ccccc1C1CCCCC1. The number of benzene rings is 1. The Hall–Kier alpha value is -1.75. The Morgan fingerprint density at radius 3 is 2.78 bits per heavy atom. The van der Waals surface area contributed by atoms with Crippen LogP contribution in [0.5, 0.6) is 0 Å². The molecule has 18 heavy (non-hydrogen) atoms. The third-order valence-corrected chi connectivity index (χ3v) is 3.38. The highest BCUT2D eigenvalue weighted by Gasteiger charge is 2.17. The molecule has 1 radical (unpaired) electrons. The first kappa shape index (κ1) is 12.7. The van der Waals surface area contributed by atoms with Gasteiger partial charge in [0.25, 0.3) is 0 Å². The lowest BCUT2D eigenvalue weighted by atomic mass is 9.82. The number of hydrogen-bond donors (Lipinski definition) is 0. The fourth-order valence-corrected chi connectivity index (χ4v) is 2.52. The van der Waals surface area contributed by atoms with Gasteiger partial charge in [0, 0.05) is 5.56 Å². The summed E-state index contributed by atoms with van der Waals surface area (Å²) in [6, 6.07) is 8.30.